The van der Waals surface area contributed by atoms with E-state index in [1.54, 1.807) is 43.5 Å². The second kappa shape index (κ2) is 8.77. The van der Waals surface area contributed by atoms with E-state index in [4.69, 9.17) is 4.74 Å². The first kappa shape index (κ1) is 24.3. The molecule has 0 aromatic heterocycles. The maximum atomic E-state index is 14.6. The third-order valence-corrected chi connectivity index (χ3v) is 8.55. The minimum absolute atomic E-state index is 0.0245. The van der Waals surface area contributed by atoms with Crippen LogP contribution in [-0.4, -0.2) is 41.2 Å². The maximum Gasteiger partial charge on any atom is 0.269 e. The van der Waals surface area contributed by atoms with E-state index in [-0.39, 0.29) is 23.4 Å². The van der Waals surface area contributed by atoms with Crippen molar-refractivity contribution in [2.75, 3.05) is 19.0 Å². The van der Waals surface area contributed by atoms with Gasteiger partial charge in [0.25, 0.3) is 5.69 Å². The Kier molecular flexibility index (Phi) is 5.61. The van der Waals surface area contributed by atoms with Crippen LogP contribution in [-0.2, 0) is 10.3 Å². The van der Waals surface area contributed by atoms with Crippen molar-refractivity contribution in [2.45, 2.75) is 44.2 Å². The molecule has 1 amide bonds. The number of methoxy groups -OCH3 is 1. The van der Waals surface area contributed by atoms with Crippen molar-refractivity contribution in [3.8, 4) is 5.75 Å². The minimum atomic E-state index is -1.22. The number of fused-ring (bicyclic) bond motifs is 4. The predicted octanol–water partition coefficient (Wildman–Crippen LogP) is 5.13. The van der Waals surface area contributed by atoms with Gasteiger partial charge in [0.15, 0.2) is 5.78 Å². The summed E-state index contributed by atoms with van der Waals surface area (Å²) in [5, 5.41) is 14.8. The quantitative estimate of drug-likeness (QED) is 0.290. The number of benzene rings is 3. The lowest BCUT2D eigenvalue weighted by Gasteiger charge is -2.37. The topological polar surface area (TPSA) is 102 Å². The molecule has 3 aromatic carbocycles. The zero-order valence-corrected chi connectivity index (χ0v) is 21.6. The number of anilines is 1. The van der Waals surface area contributed by atoms with E-state index in [1.807, 2.05) is 32.0 Å². The number of nitrogens with one attached hydrogen (secondary N) is 1. The molecule has 4 atom stereocenters. The summed E-state index contributed by atoms with van der Waals surface area (Å²) in [6.07, 6.45) is 1.68. The fourth-order valence-corrected chi connectivity index (χ4v) is 7.19. The van der Waals surface area contributed by atoms with Crippen LogP contribution in [0.25, 0.3) is 0 Å². The van der Waals surface area contributed by atoms with Crippen molar-refractivity contribution in [2.24, 2.45) is 5.92 Å². The van der Waals surface area contributed by atoms with Crippen molar-refractivity contribution in [1.82, 2.24) is 4.90 Å². The van der Waals surface area contributed by atoms with E-state index in [1.165, 1.54) is 6.07 Å². The molecular formula is C30H29N3O5. The van der Waals surface area contributed by atoms with Gasteiger partial charge in [0.1, 0.15) is 11.3 Å². The Balaban J connectivity index is 1.64. The zero-order chi connectivity index (χ0) is 26.8. The molecule has 38 heavy (non-hydrogen) atoms. The number of carbonyl (C=O) groups is 2. The van der Waals surface area contributed by atoms with Gasteiger partial charge in [-0.1, -0.05) is 42.0 Å². The summed E-state index contributed by atoms with van der Waals surface area (Å²) in [5.74, 6) is -1.02. The van der Waals surface area contributed by atoms with Gasteiger partial charge in [0, 0.05) is 40.9 Å². The Labute approximate surface area is 220 Å². The first-order chi connectivity index (χ1) is 18.3. The molecule has 1 N–H and O–H groups in total. The number of carbonyl (C=O) groups excluding carboxylic acids is 2. The summed E-state index contributed by atoms with van der Waals surface area (Å²) >= 11 is 0. The smallest absolute Gasteiger partial charge is 0.269 e. The molecule has 3 aliphatic heterocycles. The highest BCUT2D eigenvalue weighted by Gasteiger charge is 2.69. The minimum Gasteiger partial charge on any atom is -0.497 e. The van der Waals surface area contributed by atoms with Gasteiger partial charge in [-0.2, -0.15) is 0 Å². The highest BCUT2D eigenvalue weighted by molar-refractivity contribution is 6.13. The van der Waals surface area contributed by atoms with Gasteiger partial charge in [-0.05, 0) is 56.5 Å². The number of hydrogen-bond donors (Lipinski definition) is 1. The molecule has 0 aliphatic carbocycles. The molecule has 3 aromatic rings. The fourth-order valence-electron chi connectivity index (χ4n) is 7.19. The Morgan fingerprint density at radius 3 is 2.68 bits per heavy atom. The Hall–Kier alpha value is -4.04. The highest BCUT2D eigenvalue weighted by Crippen LogP contribution is 2.61. The average molecular weight is 512 g/mol. The normalized spacial score (nSPS) is 25.8. The van der Waals surface area contributed by atoms with Crippen LogP contribution in [0.2, 0.25) is 0 Å². The van der Waals surface area contributed by atoms with E-state index in [2.05, 4.69) is 10.2 Å². The van der Waals surface area contributed by atoms with Gasteiger partial charge in [-0.25, -0.2) is 0 Å². The number of ketones is 1. The Morgan fingerprint density at radius 2 is 1.92 bits per heavy atom. The second-order valence-corrected chi connectivity index (χ2v) is 10.6. The van der Waals surface area contributed by atoms with Crippen molar-refractivity contribution in [3.63, 3.8) is 0 Å². The molecular weight excluding hydrogens is 482 g/mol. The van der Waals surface area contributed by atoms with Crippen LogP contribution in [0.3, 0.4) is 0 Å². The van der Waals surface area contributed by atoms with E-state index >= 15 is 0 Å². The summed E-state index contributed by atoms with van der Waals surface area (Å²) < 4.78 is 5.40. The third-order valence-electron chi connectivity index (χ3n) is 8.55. The van der Waals surface area contributed by atoms with Crippen molar-refractivity contribution in [3.05, 3.63) is 98.6 Å². The number of rotatable bonds is 5. The first-order valence-corrected chi connectivity index (χ1v) is 12.9. The van der Waals surface area contributed by atoms with Gasteiger partial charge in [-0.15, -0.1) is 0 Å². The largest absolute Gasteiger partial charge is 0.497 e. The molecule has 8 nitrogen and oxygen atoms in total. The fraction of sp³-hybridized carbons (Fsp3) is 0.333. The number of nitrogens with zero attached hydrogens (tertiary/aromatic N) is 2. The summed E-state index contributed by atoms with van der Waals surface area (Å²) in [5.41, 5.74) is 3.46. The van der Waals surface area contributed by atoms with Crippen LogP contribution in [0.5, 0.6) is 5.75 Å². The van der Waals surface area contributed by atoms with Gasteiger partial charge in [0.05, 0.1) is 18.0 Å². The summed E-state index contributed by atoms with van der Waals surface area (Å²) in [6, 6.07) is 17.5. The lowest BCUT2D eigenvalue weighted by atomic mass is 9.68. The van der Waals surface area contributed by atoms with Gasteiger partial charge in [0.2, 0.25) is 5.91 Å². The maximum absolute atomic E-state index is 14.6. The number of aryl methyl sites for hydroxylation is 2. The predicted molar refractivity (Wildman–Crippen MR) is 143 cm³/mol. The molecule has 0 radical (unpaired) electrons. The summed E-state index contributed by atoms with van der Waals surface area (Å²) in [7, 11) is 1.55. The van der Waals surface area contributed by atoms with Crippen LogP contribution < -0.4 is 10.1 Å². The highest BCUT2D eigenvalue weighted by atomic mass is 16.6. The summed E-state index contributed by atoms with van der Waals surface area (Å²) in [6.45, 7) is 4.63. The first-order valence-electron chi connectivity index (χ1n) is 12.9. The molecule has 1 spiro atoms. The molecule has 8 heteroatoms. The number of non-ortho nitro benzene ring substituents is 1. The number of nitro benzene ring substituents is 1. The van der Waals surface area contributed by atoms with E-state index < -0.39 is 22.3 Å². The summed E-state index contributed by atoms with van der Waals surface area (Å²) in [4.78, 5) is 42.4. The van der Waals surface area contributed by atoms with Crippen molar-refractivity contribution < 1.29 is 19.2 Å². The molecule has 194 valence electrons. The number of ether oxygens (including phenoxy) is 1. The molecule has 0 saturated carbocycles. The molecule has 0 bridgehead atoms. The van der Waals surface area contributed by atoms with Gasteiger partial charge >= 0.3 is 0 Å². The monoisotopic (exact) mass is 511 g/mol. The second-order valence-electron chi connectivity index (χ2n) is 10.6. The lowest BCUT2D eigenvalue weighted by Crippen LogP contribution is -2.52. The van der Waals surface area contributed by atoms with Crippen molar-refractivity contribution >= 4 is 23.1 Å². The molecule has 3 unspecified atom stereocenters. The van der Waals surface area contributed by atoms with E-state index in [0.29, 0.717) is 23.4 Å². The van der Waals surface area contributed by atoms with Crippen molar-refractivity contribution in [1.29, 1.82) is 0 Å². The number of Topliss-reactive ketones (excluding diaryl/α,β-unsaturated/α-hetero) is 1. The van der Waals surface area contributed by atoms with Crippen LogP contribution >= 0.6 is 0 Å². The SMILES string of the molecule is COc1cccc(C(=O)C2C(c3cccc([N+](=O)[O-])c3)C3CCCN3[C@@]23C(=O)Nc2c(C)cc(C)cc23)c1. The van der Waals surface area contributed by atoms with Crippen LogP contribution in [0, 0.1) is 29.9 Å². The molecule has 3 heterocycles. The van der Waals surface area contributed by atoms with E-state index in [9.17, 15) is 19.7 Å². The number of nitro groups is 1. The molecule has 2 fully saturated rings. The number of hydrogen-bond acceptors (Lipinski definition) is 6. The molecule has 2 saturated heterocycles. The Morgan fingerprint density at radius 1 is 1.13 bits per heavy atom. The van der Waals surface area contributed by atoms with Gasteiger partial charge < -0.3 is 10.1 Å². The average Bonchev–Trinajstić information content (AvgIpc) is 3.57. The lowest BCUT2D eigenvalue weighted by molar-refractivity contribution is -0.384. The van der Waals surface area contributed by atoms with Gasteiger partial charge in [-0.3, -0.25) is 24.6 Å². The standard InChI is InChI=1S/C30H29N3O5/c1-17-13-18(2)27-23(14-17)30(29(35)31-27)26(28(34)20-8-5-10-22(16-20)38-3)25(24-11-6-12-32(24)30)19-7-4-9-21(15-19)33(36)37/h4-5,7-10,13-16,24-26H,6,11-12H2,1-3H3,(H,31,35)/t24?,25?,26?,30-/m1/s1. The van der Waals surface area contributed by atoms with Crippen LogP contribution in [0.15, 0.2) is 60.7 Å². The van der Waals surface area contributed by atoms with Crippen LogP contribution in [0.4, 0.5) is 11.4 Å². The third kappa shape index (κ3) is 3.33. The molecule has 6 rings (SSSR count). The van der Waals surface area contributed by atoms with E-state index in [0.717, 1.165) is 35.2 Å². The molecule has 3 aliphatic rings. The van der Waals surface area contributed by atoms with Crippen LogP contribution in [0.1, 0.15) is 51.4 Å². The number of amides is 1. The Bertz CT molecular complexity index is 1500. The zero-order valence-electron chi connectivity index (χ0n) is 21.6.